The predicted octanol–water partition coefficient (Wildman–Crippen LogP) is 2.73. The zero-order chi connectivity index (χ0) is 11.3. The topological polar surface area (TPSA) is 46.5 Å². The zero-order valence-corrected chi connectivity index (χ0v) is 8.69. The molecule has 0 saturated carbocycles. The Hall–Kier alpha value is -1.77. The molecule has 0 aliphatic carbocycles. The Morgan fingerprint density at radius 2 is 2.13 bits per heavy atom. The van der Waals surface area contributed by atoms with Gasteiger partial charge in [0.15, 0.2) is 0 Å². The summed E-state index contributed by atoms with van der Waals surface area (Å²) in [5.41, 5.74) is 1.12. The van der Waals surface area contributed by atoms with Gasteiger partial charge in [-0.05, 0) is 24.1 Å². The molecule has 0 unspecified atom stereocenters. The quantitative estimate of drug-likeness (QED) is 0.753. The molecule has 0 heterocycles. The highest BCUT2D eigenvalue weighted by atomic mass is 16.5. The summed E-state index contributed by atoms with van der Waals surface area (Å²) in [6.07, 6.45) is 0.829. The lowest BCUT2D eigenvalue weighted by molar-refractivity contribution is 0.0692. The fourth-order valence-electron chi connectivity index (χ4n) is 1.05. The van der Waals surface area contributed by atoms with Crippen LogP contribution < -0.4 is 4.74 Å². The van der Waals surface area contributed by atoms with E-state index in [2.05, 4.69) is 6.58 Å². The minimum absolute atomic E-state index is 0.182. The first-order valence-electron chi connectivity index (χ1n) is 4.77. The second-order valence-corrected chi connectivity index (χ2v) is 3.19. The van der Waals surface area contributed by atoms with Gasteiger partial charge >= 0.3 is 5.97 Å². The van der Waals surface area contributed by atoms with Crippen LogP contribution in [0.1, 0.15) is 23.7 Å². The van der Waals surface area contributed by atoms with Crippen LogP contribution in [-0.2, 0) is 0 Å². The molecule has 0 aromatic heterocycles. The Balaban J connectivity index is 2.76. The molecule has 0 radical (unpaired) electrons. The van der Waals surface area contributed by atoms with Gasteiger partial charge in [-0.15, -0.1) is 0 Å². The number of ether oxygens (including phenoxy) is 1. The van der Waals surface area contributed by atoms with Crippen molar-refractivity contribution in [2.45, 2.75) is 13.3 Å². The van der Waals surface area contributed by atoms with E-state index < -0.39 is 5.97 Å². The number of para-hydroxylation sites is 1. The normalized spacial score (nSPS) is 9.67. The average molecular weight is 206 g/mol. The molecule has 1 aromatic rings. The van der Waals surface area contributed by atoms with Crippen molar-refractivity contribution in [3.05, 3.63) is 42.0 Å². The predicted molar refractivity (Wildman–Crippen MR) is 58.3 cm³/mol. The maximum absolute atomic E-state index is 10.8. The van der Waals surface area contributed by atoms with Gasteiger partial charge in [0.1, 0.15) is 17.9 Å². The lowest BCUT2D eigenvalue weighted by Crippen LogP contribution is -2.05. The summed E-state index contributed by atoms with van der Waals surface area (Å²) in [6.45, 7) is 6.13. The van der Waals surface area contributed by atoms with Crippen LogP contribution in [0, 0.1) is 0 Å². The summed E-state index contributed by atoms with van der Waals surface area (Å²) < 4.78 is 5.37. The van der Waals surface area contributed by atoms with Crippen LogP contribution in [0.15, 0.2) is 36.4 Å². The number of aromatic carboxylic acids is 1. The molecular formula is C12H14O3. The van der Waals surface area contributed by atoms with Gasteiger partial charge in [0, 0.05) is 0 Å². The summed E-state index contributed by atoms with van der Waals surface area (Å²) in [4.78, 5) is 10.8. The van der Waals surface area contributed by atoms with E-state index >= 15 is 0 Å². The molecule has 0 amide bonds. The van der Waals surface area contributed by atoms with Gasteiger partial charge in [-0.3, -0.25) is 0 Å². The van der Waals surface area contributed by atoms with Gasteiger partial charge in [-0.1, -0.05) is 25.6 Å². The summed E-state index contributed by atoms with van der Waals surface area (Å²) in [7, 11) is 0. The van der Waals surface area contributed by atoms with E-state index in [-0.39, 0.29) is 5.56 Å². The molecule has 1 rings (SSSR count). The first kappa shape index (κ1) is 11.3. The number of hydrogen-bond acceptors (Lipinski definition) is 2. The third-order valence-corrected chi connectivity index (χ3v) is 2.05. The van der Waals surface area contributed by atoms with Gasteiger partial charge in [0.05, 0.1) is 0 Å². The minimum Gasteiger partial charge on any atom is -0.488 e. The summed E-state index contributed by atoms with van der Waals surface area (Å²) in [5, 5.41) is 8.89. The van der Waals surface area contributed by atoms with Crippen molar-refractivity contribution in [2.75, 3.05) is 6.61 Å². The van der Waals surface area contributed by atoms with Crippen LogP contribution in [0.3, 0.4) is 0 Å². The van der Waals surface area contributed by atoms with Crippen molar-refractivity contribution >= 4 is 5.97 Å². The van der Waals surface area contributed by atoms with Crippen LogP contribution in [0.2, 0.25) is 0 Å². The van der Waals surface area contributed by atoms with Crippen LogP contribution in [0.5, 0.6) is 5.75 Å². The van der Waals surface area contributed by atoms with Crippen molar-refractivity contribution in [1.82, 2.24) is 0 Å². The first-order chi connectivity index (χ1) is 7.15. The third-order valence-electron chi connectivity index (χ3n) is 2.05. The van der Waals surface area contributed by atoms with E-state index in [1.807, 2.05) is 6.92 Å². The number of rotatable bonds is 5. The molecular weight excluding hydrogens is 192 g/mol. The molecule has 0 atom stereocenters. The maximum atomic E-state index is 10.8. The minimum atomic E-state index is -0.979. The third kappa shape index (κ3) is 3.13. The summed E-state index contributed by atoms with van der Waals surface area (Å²) in [6, 6.07) is 6.58. The first-order valence-corrected chi connectivity index (χ1v) is 4.77. The number of hydrogen-bond donors (Lipinski definition) is 1. The summed E-state index contributed by atoms with van der Waals surface area (Å²) >= 11 is 0. The zero-order valence-electron chi connectivity index (χ0n) is 8.69. The fourth-order valence-corrected chi connectivity index (χ4v) is 1.05. The monoisotopic (exact) mass is 206 g/mol. The smallest absolute Gasteiger partial charge is 0.339 e. The highest BCUT2D eigenvalue weighted by Gasteiger charge is 2.09. The molecule has 0 aliphatic rings. The molecule has 3 nitrogen and oxygen atoms in total. The molecule has 0 fully saturated rings. The molecule has 0 saturated heterocycles. The van der Waals surface area contributed by atoms with Crippen molar-refractivity contribution in [1.29, 1.82) is 0 Å². The molecule has 0 spiro atoms. The lowest BCUT2D eigenvalue weighted by Gasteiger charge is -2.09. The van der Waals surface area contributed by atoms with Crippen LogP contribution in [-0.4, -0.2) is 17.7 Å². The second kappa shape index (κ2) is 5.20. The Morgan fingerprint density at radius 3 is 2.73 bits per heavy atom. The summed E-state index contributed by atoms with van der Waals surface area (Å²) in [5.74, 6) is -0.590. The number of carboxylic acids is 1. The van der Waals surface area contributed by atoms with Crippen molar-refractivity contribution in [3.63, 3.8) is 0 Å². The molecule has 3 heteroatoms. The Morgan fingerprint density at radius 1 is 1.47 bits per heavy atom. The molecule has 1 N–H and O–H groups in total. The fraction of sp³-hybridized carbons (Fsp3) is 0.250. The van der Waals surface area contributed by atoms with Gasteiger partial charge in [0.2, 0.25) is 0 Å². The Labute approximate surface area is 89.0 Å². The van der Waals surface area contributed by atoms with Crippen LogP contribution >= 0.6 is 0 Å². The molecule has 0 aliphatic heterocycles. The van der Waals surface area contributed by atoms with Crippen LogP contribution in [0.25, 0.3) is 0 Å². The Bertz CT molecular complexity index is 369. The van der Waals surface area contributed by atoms with Crippen LogP contribution in [0.4, 0.5) is 0 Å². The lowest BCUT2D eigenvalue weighted by atomic mass is 10.2. The van der Waals surface area contributed by atoms with Gasteiger partial charge in [-0.2, -0.15) is 0 Å². The van der Waals surface area contributed by atoms with Crippen molar-refractivity contribution < 1.29 is 14.6 Å². The second-order valence-electron chi connectivity index (χ2n) is 3.19. The maximum Gasteiger partial charge on any atom is 0.339 e. The molecule has 1 aromatic carbocycles. The number of benzene rings is 1. The van der Waals surface area contributed by atoms with E-state index in [4.69, 9.17) is 9.84 Å². The highest BCUT2D eigenvalue weighted by Crippen LogP contribution is 2.18. The van der Waals surface area contributed by atoms with Gasteiger partial charge in [0.25, 0.3) is 0 Å². The van der Waals surface area contributed by atoms with Gasteiger partial charge < -0.3 is 9.84 Å². The highest BCUT2D eigenvalue weighted by molar-refractivity contribution is 5.90. The average Bonchev–Trinajstić information content (AvgIpc) is 2.26. The molecule has 15 heavy (non-hydrogen) atoms. The Kier molecular flexibility index (Phi) is 3.92. The number of carbonyl (C=O) groups is 1. The van der Waals surface area contributed by atoms with Crippen molar-refractivity contribution in [2.24, 2.45) is 0 Å². The van der Waals surface area contributed by atoms with Crippen molar-refractivity contribution in [3.8, 4) is 5.75 Å². The molecule has 80 valence electrons. The van der Waals surface area contributed by atoms with E-state index in [1.165, 1.54) is 6.07 Å². The van der Waals surface area contributed by atoms with Gasteiger partial charge in [-0.25, -0.2) is 4.79 Å². The van der Waals surface area contributed by atoms with E-state index in [0.717, 1.165) is 12.0 Å². The standard InChI is InChI=1S/C12H14O3/c1-3-9(2)8-15-11-7-5-4-6-10(11)12(13)14/h4-7H,2-3,8H2,1H3,(H,13,14). The number of carboxylic acid groups (broad SMARTS) is 1. The molecule has 0 bridgehead atoms. The largest absolute Gasteiger partial charge is 0.488 e. The van der Waals surface area contributed by atoms with E-state index in [1.54, 1.807) is 18.2 Å². The van der Waals surface area contributed by atoms with E-state index in [0.29, 0.717) is 12.4 Å². The van der Waals surface area contributed by atoms with E-state index in [9.17, 15) is 4.79 Å². The SMILES string of the molecule is C=C(CC)COc1ccccc1C(=O)O.